The molecule has 1 aromatic carbocycles. The highest BCUT2D eigenvalue weighted by molar-refractivity contribution is 7.80. The van der Waals surface area contributed by atoms with Crippen LogP contribution in [0, 0.1) is 5.41 Å². The first kappa shape index (κ1) is 11.5. The van der Waals surface area contributed by atoms with Crippen LogP contribution in [-0.4, -0.2) is 31.9 Å². The molecule has 0 unspecified atom stereocenters. The van der Waals surface area contributed by atoms with E-state index in [0.29, 0.717) is 5.71 Å². The molecule has 0 amide bonds. The standard InChI is InChI=1S/C12H17N3S/c1-9(13)11-3-2-10(8-12(11)16)15-6-4-14-5-7-15/h2-3,8,13-14,16H,4-7H2,1H3. The summed E-state index contributed by atoms with van der Waals surface area (Å²) in [6, 6.07) is 6.13. The maximum Gasteiger partial charge on any atom is 0.0378 e. The van der Waals surface area contributed by atoms with E-state index in [1.807, 2.05) is 6.07 Å². The number of hydrogen-bond donors (Lipinski definition) is 3. The summed E-state index contributed by atoms with van der Waals surface area (Å²) >= 11 is 4.44. The molecule has 1 heterocycles. The molecule has 1 fully saturated rings. The molecule has 0 atom stereocenters. The molecule has 0 bridgehead atoms. The molecule has 1 aliphatic heterocycles. The molecule has 0 aliphatic carbocycles. The number of anilines is 1. The van der Waals surface area contributed by atoms with Crippen LogP contribution in [0.1, 0.15) is 12.5 Å². The van der Waals surface area contributed by atoms with Gasteiger partial charge in [-0.3, -0.25) is 0 Å². The first-order valence-corrected chi connectivity index (χ1v) is 5.97. The van der Waals surface area contributed by atoms with Gasteiger partial charge < -0.3 is 15.6 Å². The Morgan fingerprint density at radius 1 is 1.38 bits per heavy atom. The fourth-order valence-electron chi connectivity index (χ4n) is 1.96. The molecule has 0 saturated carbocycles. The average molecular weight is 235 g/mol. The third kappa shape index (κ3) is 2.39. The van der Waals surface area contributed by atoms with E-state index in [0.717, 1.165) is 36.6 Å². The van der Waals surface area contributed by atoms with Gasteiger partial charge in [-0.15, -0.1) is 12.6 Å². The molecule has 0 spiro atoms. The van der Waals surface area contributed by atoms with Crippen LogP contribution < -0.4 is 10.2 Å². The number of piperazine rings is 1. The molecule has 2 rings (SSSR count). The van der Waals surface area contributed by atoms with E-state index in [9.17, 15) is 0 Å². The summed E-state index contributed by atoms with van der Waals surface area (Å²) in [4.78, 5) is 3.24. The SMILES string of the molecule is CC(=N)c1ccc(N2CCNCC2)cc1S. The van der Waals surface area contributed by atoms with E-state index >= 15 is 0 Å². The van der Waals surface area contributed by atoms with E-state index in [2.05, 4.69) is 35.0 Å². The summed E-state index contributed by atoms with van der Waals surface area (Å²) < 4.78 is 0. The Bertz CT molecular complexity index is 397. The van der Waals surface area contributed by atoms with Gasteiger partial charge in [0.15, 0.2) is 0 Å². The normalized spacial score (nSPS) is 16.2. The fourth-order valence-corrected chi connectivity index (χ4v) is 2.33. The lowest BCUT2D eigenvalue weighted by molar-refractivity contribution is 0.589. The van der Waals surface area contributed by atoms with Crippen molar-refractivity contribution in [2.75, 3.05) is 31.1 Å². The van der Waals surface area contributed by atoms with E-state index in [1.54, 1.807) is 6.92 Å². The number of nitrogens with zero attached hydrogens (tertiary/aromatic N) is 1. The molecule has 16 heavy (non-hydrogen) atoms. The van der Waals surface area contributed by atoms with Crippen LogP contribution in [0.15, 0.2) is 23.1 Å². The van der Waals surface area contributed by atoms with Crippen molar-refractivity contribution in [2.45, 2.75) is 11.8 Å². The molecule has 4 heteroatoms. The maximum atomic E-state index is 7.62. The van der Waals surface area contributed by atoms with Gasteiger partial charge in [0.05, 0.1) is 0 Å². The first-order chi connectivity index (χ1) is 7.68. The predicted octanol–water partition coefficient (Wildman–Crippen LogP) is 1.77. The lowest BCUT2D eigenvalue weighted by atomic mass is 10.1. The van der Waals surface area contributed by atoms with Crippen molar-refractivity contribution in [3.05, 3.63) is 23.8 Å². The molecule has 1 saturated heterocycles. The minimum atomic E-state index is 0.567. The highest BCUT2D eigenvalue weighted by atomic mass is 32.1. The van der Waals surface area contributed by atoms with E-state index < -0.39 is 0 Å². The molecule has 2 N–H and O–H groups in total. The monoisotopic (exact) mass is 235 g/mol. The summed E-state index contributed by atoms with van der Waals surface area (Å²) in [6.07, 6.45) is 0. The van der Waals surface area contributed by atoms with Crippen LogP contribution in [0.5, 0.6) is 0 Å². The number of rotatable bonds is 2. The summed E-state index contributed by atoms with van der Waals surface area (Å²) in [7, 11) is 0. The van der Waals surface area contributed by atoms with Gasteiger partial charge in [0.1, 0.15) is 0 Å². The molecule has 1 aromatic rings. The van der Waals surface area contributed by atoms with Crippen LogP contribution in [-0.2, 0) is 0 Å². The summed E-state index contributed by atoms with van der Waals surface area (Å²) in [5, 5.41) is 11.0. The van der Waals surface area contributed by atoms with Crippen LogP contribution in [0.4, 0.5) is 5.69 Å². The number of hydrogen-bond acceptors (Lipinski definition) is 4. The molecule has 3 nitrogen and oxygen atoms in total. The minimum Gasteiger partial charge on any atom is -0.369 e. The van der Waals surface area contributed by atoms with Gasteiger partial charge in [0.2, 0.25) is 0 Å². The van der Waals surface area contributed by atoms with Crippen molar-refractivity contribution >= 4 is 24.0 Å². The highest BCUT2D eigenvalue weighted by Gasteiger charge is 2.11. The van der Waals surface area contributed by atoms with Gasteiger partial charge in [-0.2, -0.15) is 0 Å². The largest absolute Gasteiger partial charge is 0.369 e. The van der Waals surface area contributed by atoms with Crippen molar-refractivity contribution in [1.82, 2.24) is 5.32 Å². The van der Waals surface area contributed by atoms with Gasteiger partial charge in [-0.05, 0) is 19.1 Å². The van der Waals surface area contributed by atoms with Gasteiger partial charge in [0, 0.05) is 48.0 Å². The maximum absolute atomic E-state index is 7.62. The zero-order valence-electron chi connectivity index (χ0n) is 9.45. The smallest absolute Gasteiger partial charge is 0.0378 e. The lowest BCUT2D eigenvalue weighted by Gasteiger charge is -2.29. The Balaban J connectivity index is 2.23. The van der Waals surface area contributed by atoms with Crippen LogP contribution in [0.2, 0.25) is 0 Å². The summed E-state index contributed by atoms with van der Waals surface area (Å²) in [5.74, 6) is 0. The summed E-state index contributed by atoms with van der Waals surface area (Å²) in [5.41, 5.74) is 2.69. The summed E-state index contributed by atoms with van der Waals surface area (Å²) in [6.45, 7) is 5.94. The molecular weight excluding hydrogens is 218 g/mol. The zero-order chi connectivity index (χ0) is 11.5. The van der Waals surface area contributed by atoms with Crippen molar-refractivity contribution in [3.8, 4) is 0 Å². The van der Waals surface area contributed by atoms with Gasteiger partial charge in [-0.25, -0.2) is 0 Å². The molecular formula is C12H17N3S. The van der Waals surface area contributed by atoms with Crippen molar-refractivity contribution in [3.63, 3.8) is 0 Å². The minimum absolute atomic E-state index is 0.567. The second kappa shape index (κ2) is 4.89. The van der Waals surface area contributed by atoms with Crippen molar-refractivity contribution in [1.29, 1.82) is 5.41 Å². The van der Waals surface area contributed by atoms with Gasteiger partial charge >= 0.3 is 0 Å². The Morgan fingerprint density at radius 2 is 2.06 bits per heavy atom. The van der Waals surface area contributed by atoms with E-state index in [4.69, 9.17) is 5.41 Å². The second-order valence-corrected chi connectivity index (χ2v) is 4.55. The second-order valence-electron chi connectivity index (χ2n) is 4.06. The van der Waals surface area contributed by atoms with E-state index in [1.165, 1.54) is 5.69 Å². The first-order valence-electron chi connectivity index (χ1n) is 5.52. The van der Waals surface area contributed by atoms with Crippen LogP contribution in [0.3, 0.4) is 0 Å². The Morgan fingerprint density at radius 3 is 2.62 bits per heavy atom. The quantitative estimate of drug-likeness (QED) is 0.540. The third-order valence-corrected chi connectivity index (χ3v) is 3.24. The molecule has 86 valence electrons. The highest BCUT2D eigenvalue weighted by Crippen LogP contribution is 2.23. The molecule has 1 aliphatic rings. The zero-order valence-corrected chi connectivity index (χ0v) is 10.3. The predicted molar refractivity (Wildman–Crippen MR) is 71.3 cm³/mol. The number of nitrogens with one attached hydrogen (secondary N) is 2. The van der Waals surface area contributed by atoms with Crippen LogP contribution in [0.25, 0.3) is 0 Å². The number of benzene rings is 1. The Labute approximate surface area is 102 Å². The van der Waals surface area contributed by atoms with E-state index in [-0.39, 0.29) is 0 Å². The number of thiol groups is 1. The van der Waals surface area contributed by atoms with Crippen molar-refractivity contribution in [2.24, 2.45) is 0 Å². The fraction of sp³-hybridized carbons (Fsp3) is 0.417. The Hall–Kier alpha value is -1.00. The van der Waals surface area contributed by atoms with Gasteiger partial charge in [0.25, 0.3) is 0 Å². The lowest BCUT2D eigenvalue weighted by Crippen LogP contribution is -2.43. The topological polar surface area (TPSA) is 39.1 Å². The average Bonchev–Trinajstić information content (AvgIpc) is 2.29. The van der Waals surface area contributed by atoms with Gasteiger partial charge in [-0.1, -0.05) is 6.07 Å². The van der Waals surface area contributed by atoms with Crippen LogP contribution >= 0.6 is 12.6 Å². The third-order valence-electron chi connectivity index (χ3n) is 2.87. The van der Waals surface area contributed by atoms with Crippen molar-refractivity contribution < 1.29 is 0 Å². The Kier molecular flexibility index (Phi) is 3.51. The molecule has 0 aromatic heterocycles. The molecule has 0 radical (unpaired) electrons.